The van der Waals surface area contributed by atoms with E-state index in [1.54, 1.807) is 24.4 Å². The van der Waals surface area contributed by atoms with Crippen LogP contribution in [0.25, 0.3) is 11.1 Å². The molecule has 0 aliphatic carbocycles. The standard InChI is InChI=1S/C32H30N4O3/c1-39-27-15-13-26(14-16-27)30-12-7-21-35(23-31(37)36(30)22-24-17-19-33-20-18-24)32(38)34-29-11-6-5-10-28(29)25-8-3-2-4-9-25/h2-20,30H,21-23H2,1H3,(H,34,38)/b12-7-. The second kappa shape index (κ2) is 12.1. The highest BCUT2D eigenvalue weighted by Gasteiger charge is 2.29. The van der Waals surface area contributed by atoms with Crippen LogP contribution in [-0.4, -0.2) is 46.9 Å². The molecular formula is C32H30N4O3. The molecule has 1 N–H and O–H groups in total. The second-order valence-corrected chi connectivity index (χ2v) is 9.25. The molecule has 0 saturated carbocycles. The van der Waals surface area contributed by atoms with E-state index >= 15 is 0 Å². The molecule has 196 valence electrons. The fraction of sp³-hybridized carbons (Fsp3) is 0.156. The van der Waals surface area contributed by atoms with Crippen molar-refractivity contribution in [2.24, 2.45) is 0 Å². The van der Waals surface area contributed by atoms with Crippen LogP contribution in [0, 0.1) is 0 Å². The second-order valence-electron chi connectivity index (χ2n) is 9.25. The number of para-hydroxylation sites is 1. The summed E-state index contributed by atoms with van der Waals surface area (Å²) in [6.45, 7) is 0.636. The Hall–Kier alpha value is -4.91. The normalized spacial score (nSPS) is 16.2. The molecule has 0 spiro atoms. The van der Waals surface area contributed by atoms with Gasteiger partial charge >= 0.3 is 6.03 Å². The monoisotopic (exact) mass is 518 g/mol. The van der Waals surface area contributed by atoms with Crippen LogP contribution < -0.4 is 10.1 Å². The molecule has 7 nitrogen and oxygen atoms in total. The molecule has 1 aliphatic heterocycles. The average Bonchev–Trinajstić information content (AvgIpc) is 2.98. The largest absolute Gasteiger partial charge is 0.497 e. The highest BCUT2D eigenvalue weighted by Crippen LogP contribution is 2.30. The maximum absolute atomic E-state index is 13.8. The van der Waals surface area contributed by atoms with E-state index in [0.717, 1.165) is 28.0 Å². The Kier molecular flexibility index (Phi) is 7.98. The van der Waals surface area contributed by atoms with E-state index in [9.17, 15) is 9.59 Å². The van der Waals surface area contributed by atoms with Crippen molar-refractivity contribution in [2.45, 2.75) is 12.6 Å². The third-order valence-electron chi connectivity index (χ3n) is 6.73. The lowest BCUT2D eigenvalue weighted by atomic mass is 10.0. The van der Waals surface area contributed by atoms with Gasteiger partial charge in [-0.15, -0.1) is 0 Å². The van der Waals surface area contributed by atoms with Crippen molar-refractivity contribution >= 4 is 17.6 Å². The number of aromatic nitrogens is 1. The van der Waals surface area contributed by atoms with Gasteiger partial charge in [0.25, 0.3) is 0 Å². The third-order valence-corrected chi connectivity index (χ3v) is 6.73. The summed E-state index contributed by atoms with van der Waals surface area (Å²) in [7, 11) is 1.63. The molecule has 39 heavy (non-hydrogen) atoms. The van der Waals surface area contributed by atoms with E-state index in [0.29, 0.717) is 18.8 Å². The predicted octanol–water partition coefficient (Wildman–Crippen LogP) is 5.93. The zero-order valence-corrected chi connectivity index (χ0v) is 21.7. The van der Waals surface area contributed by atoms with Gasteiger partial charge in [-0.05, 0) is 47.0 Å². The van der Waals surface area contributed by atoms with Crippen molar-refractivity contribution in [3.8, 4) is 16.9 Å². The zero-order chi connectivity index (χ0) is 27.0. The van der Waals surface area contributed by atoms with Crippen LogP contribution in [-0.2, 0) is 11.3 Å². The van der Waals surface area contributed by atoms with Crippen molar-refractivity contribution in [2.75, 3.05) is 25.5 Å². The minimum absolute atomic E-state index is 0.0542. The number of hydrogen-bond acceptors (Lipinski definition) is 4. The first-order valence-corrected chi connectivity index (χ1v) is 12.8. The Morgan fingerprint density at radius 3 is 2.41 bits per heavy atom. The number of hydrogen-bond donors (Lipinski definition) is 1. The van der Waals surface area contributed by atoms with Gasteiger partial charge in [-0.1, -0.05) is 72.8 Å². The number of rotatable bonds is 6. The topological polar surface area (TPSA) is 74.8 Å². The lowest BCUT2D eigenvalue weighted by Crippen LogP contribution is -2.46. The number of anilines is 1. The van der Waals surface area contributed by atoms with E-state index in [4.69, 9.17) is 4.74 Å². The van der Waals surface area contributed by atoms with E-state index in [1.807, 2.05) is 103 Å². The first-order chi connectivity index (χ1) is 19.1. The Balaban J connectivity index is 1.41. The van der Waals surface area contributed by atoms with Gasteiger partial charge in [-0.3, -0.25) is 9.78 Å². The van der Waals surface area contributed by atoms with Crippen LogP contribution in [0.15, 0.2) is 116 Å². The van der Waals surface area contributed by atoms with Crippen molar-refractivity contribution in [3.63, 3.8) is 0 Å². The summed E-state index contributed by atoms with van der Waals surface area (Å²) in [5, 5.41) is 3.03. The van der Waals surface area contributed by atoms with Crippen LogP contribution in [0.1, 0.15) is 17.2 Å². The Morgan fingerprint density at radius 2 is 1.67 bits per heavy atom. The molecule has 1 aromatic heterocycles. The fourth-order valence-corrected chi connectivity index (χ4v) is 4.67. The van der Waals surface area contributed by atoms with Gasteiger partial charge in [-0.25, -0.2) is 4.79 Å². The van der Waals surface area contributed by atoms with Crippen LogP contribution in [0.2, 0.25) is 0 Å². The van der Waals surface area contributed by atoms with Crippen molar-refractivity contribution < 1.29 is 14.3 Å². The molecule has 7 heteroatoms. The molecule has 0 saturated heterocycles. The number of urea groups is 1. The maximum Gasteiger partial charge on any atom is 0.322 e. The van der Waals surface area contributed by atoms with Gasteiger partial charge in [-0.2, -0.15) is 0 Å². The number of carbonyl (C=O) groups is 2. The number of benzene rings is 3. The number of nitrogens with zero attached hydrogens (tertiary/aromatic N) is 3. The number of nitrogens with one attached hydrogen (secondary N) is 1. The average molecular weight is 519 g/mol. The minimum atomic E-state index is -0.330. The summed E-state index contributed by atoms with van der Waals surface area (Å²) < 4.78 is 5.31. The van der Waals surface area contributed by atoms with Crippen LogP contribution in [0.3, 0.4) is 0 Å². The van der Waals surface area contributed by atoms with Crippen molar-refractivity contribution in [3.05, 3.63) is 127 Å². The summed E-state index contributed by atoms with van der Waals surface area (Å²) >= 11 is 0. The molecule has 5 rings (SSSR count). The molecule has 1 aliphatic rings. The summed E-state index contributed by atoms with van der Waals surface area (Å²) in [6, 6.07) is 28.4. The number of amides is 3. The lowest BCUT2D eigenvalue weighted by Gasteiger charge is -2.34. The summed E-state index contributed by atoms with van der Waals surface area (Å²) in [4.78, 5) is 34.6. The highest BCUT2D eigenvalue weighted by molar-refractivity contribution is 5.96. The SMILES string of the molecule is COc1ccc(C2/C=C\CN(C(=O)Nc3ccccc3-c3ccccc3)CC(=O)N2Cc2ccncc2)cc1. The van der Waals surface area contributed by atoms with Gasteiger partial charge in [0.15, 0.2) is 0 Å². The molecule has 4 aromatic rings. The number of carbonyl (C=O) groups excluding carboxylic acids is 2. The van der Waals surface area contributed by atoms with Gasteiger partial charge < -0.3 is 19.9 Å². The van der Waals surface area contributed by atoms with Gasteiger partial charge in [0.1, 0.15) is 12.3 Å². The molecule has 1 atom stereocenters. The molecule has 1 unspecified atom stereocenters. The summed E-state index contributed by atoms with van der Waals surface area (Å²) in [5.74, 6) is 0.600. The summed E-state index contributed by atoms with van der Waals surface area (Å²) in [5.41, 5.74) is 4.53. The van der Waals surface area contributed by atoms with E-state index < -0.39 is 0 Å². The molecular weight excluding hydrogens is 488 g/mol. The van der Waals surface area contributed by atoms with Crippen LogP contribution >= 0.6 is 0 Å². The van der Waals surface area contributed by atoms with Crippen molar-refractivity contribution in [1.82, 2.24) is 14.8 Å². The van der Waals surface area contributed by atoms with Gasteiger partial charge in [0.2, 0.25) is 5.91 Å². The molecule has 0 fully saturated rings. The Labute approximate surface area is 228 Å². The fourth-order valence-electron chi connectivity index (χ4n) is 4.67. The van der Waals surface area contributed by atoms with Crippen molar-refractivity contribution in [1.29, 1.82) is 0 Å². The smallest absolute Gasteiger partial charge is 0.322 e. The van der Waals surface area contributed by atoms with E-state index in [-0.39, 0.29) is 24.5 Å². The molecule has 0 bridgehead atoms. The first-order valence-electron chi connectivity index (χ1n) is 12.8. The van der Waals surface area contributed by atoms with Crippen LogP contribution in [0.5, 0.6) is 5.75 Å². The summed E-state index contributed by atoms with van der Waals surface area (Å²) in [6.07, 6.45) is 7.36. The molecule has 2 heterocycles. The zero-order valence-electron chi connectivity index (χ0n) is 21.7. The highest BCUT2D eigenvalue weighted by atomic mass is 16.5. The Morgan fingerprint density at radius 1 is 0.949 bits per heavy atom. The van der Waals surface area contributed by atoms with E-state index in [2.05, 4.69) is 10.3 Å². The predicted molar refractivity (Wildman–Crippen MR) is 152 cm³/mol. The van der Waals surface area contributed by atoms with E-state index in [1.165, 1.54) is 4.90 Å². The lowest BCUT2D eigenvalue weighted by molar-refractivity contribution is -0.134. The Bertz CT molecular complexity index is 1440. The quantitative estimate of drug-likeness (QED) is 0.321. The maximum atomic E-state index is 13.8. The number of methoxy groups -OCH3 is 1. The van der Waals surface area contributed by atoms with Gasteiger partial charge in [0, 0.05) is 31.0 Å². The van der Waals surface area contributed by atoms with Gasteiger partial charge in [0.05, 0.1) is 18.8 Å². The first kappa shape index (κ1) is 25.7. The minimum Gasteiger partial charge on any atom is -0.497 e. The molecule has 0 radical (unpaired) electrons. The third kappa shape index (κ3) is 6.15. The van der Waals surface area contributed by atoms with Crippen LogP contribution in [0.4, 0.5) is 10.5 Å². The number of pyridine rings is 1. The molecule has 3 aromatic carbocycles. The molecule has 3 amide bonds. The number of ether oxygens (including phenoxy) is 1.